The normalized spacial score (nSPS) is 10.6. The zero-order chi connectivity index (χ0) is 8.97. The van der Waals surface area contributed by atoms with Crippen LogP contribution in [0, 0.1) is 0 Å². The minimum atomic E-state index is 1.06. The maximum Gasteiger partial charge on any atom is 0.0524 e. The molecule has 0 radical (unpaired) electrons. The van der Waals surface area contributed by atoms with Crippen molar-refractivity contribution >= 4 is 0 Å². The summed E-state index contributed by atoms with van der Waals surface area (Å²) in [6.45, 7) is 7.63. The van der Waals surface area contributed by atoms with E-state index < -0.39 is 0 Å². The zero-order valence-electron chi connectivity index (χ0n) is 8.30. The van der Waals surface area contributed by atoms with Gasteiger partial charge in [0, 0.05) is 12.2 Å². The Bertz CT molecular complexity index is 238. The van der Waals surface area contributed by atoms with Gasteiger partial charge in [0.1, 0.15) is 0 Å². The van der Waals surface area contributed by atoms with E-state index in [4.69, 9.17) is 0 Å². The first-order chi connectivity index (χ1) is 5.83. The van der Waals surface area contributed by atoms with Crippen molar-refractivity contribution in [1.29, 1.82) is 0 Å². The minimum absolute atomic E-state index is 1.06. The third kappa shape index (κ3) is 1.68. The van der Waals surface area contributed by atoms with Crippen LogP contribution >= 0.6 is 0 Å². The van der Waals surface area contributed by atoms with Crippen molar-refractivity contribution < 1.29 is 0 Å². The van der Waals surface area contributed by atoms with E-state index in [1.54, 1.807) is 0 Å². The Kier molecular flexibility index (Phi) is 3.32. The summed E-state index contributed by atoms with van der Waals surface area (Å²) < 4.78 is 2.14. The topological polar surface area (TPSA) is 17.8 Å². The Balaban J connectivity index is 2.88. The lowest BCUT2D eigenvalue weighted by molar-refractivity contribution is 0.576. The van der Waals surface area contributed by atoms with Crippen LogP contribution in [-0.4, -0.2) is 9.78 Å². The molecular weight excluding hydrogens is 148 g/mol. The third-order valence-electron chi connectivity index (χ3n) is 2.19. The number of rotatable bonds is 4. The molecule has 0 atom stereocenters. The monoisotopic (exact) mass is 166 g/mol. The second-order valence-corrected chi connectivity index (χ2v) is 3.05. The van der Waals surface area contributed by atoms with Gasteiger partial charge < -0.3 is 0 Å². The average molecular weight is 166 g/mol. The molecule has 0 saturated heterocycles. The predicted molar refractivity (Wildman–Crippen MR) is 51.3 cm³/mol. The van der Waals surface area contributed by atoms with E-state index in [0.717, 1.165) is 25.8 Å². The summed E-state index contributed by atoms with van der Waals surface area (Å²) in [5, 5.41) is 4.36. The standard InChI is InChI=1S/C10H18N2/c1-4-7-12-10(6-3)9(5-2)8-11-12/h8H,4-7H2,1-3H3. The number of aromatic nitrogens is 2. The second-order valence-electron chi connectivity index (χ2n) is 3.05. The molecule has 1 rings (SSSR count). The molecule has 0 aromatic carbocycles. The van der Waals surface area contributed by atoms with E-state index in [1.165, 1.54) is 11.3 Å². The molecular formula is C10H18N2. The highest BCUT2D eigenvalue weighted by molar-refractivity contribution is 5.17. The lowest BCUT2D eigenvalue weighted by Gasteiger charge is -2.04. The average Bonchev–Trinajstić information content (AvgIpc) is 2.47. The summed E-state index contributed by atoms with van der Waals surface area (Å²) >= 11 is 0. The highest BCUT2D eigenvalue weighted by Crippen LogP contribution is 2.10. The van der Waals surface area contributed by atoms with Gasteiger partial charge in [0.05, 0.1) is 6.20 Å². The minimum Gasteiger partial charge on any atom is -0.269 e. The first-order valence-electron chi connectivity index (χ1n) is 4.87. The van der Waals surface area contributed by atoms with Crippen LogP contribution in [0.4, 0.5) is 0 Å². The molecule has 1 aromatic rings. The van der Waals surface area contributed by atoms with Crippen LogP contribution in [0.3, 0.4) is 0 Å². The molecule has 0 aliphatic carbocycles. The Hall–Kier alpha value is -0.790. The van der Waals surface area contributed by atoms with Crippen molar-refractivity contribution in [3.8, 4) is 0 Å². The van der Waals surface area contributed by atoms with Crippen LogP contribution in [-0.2, 0) is 19.4 Å². The molecule has 1 heterocycles. The maximum atomic E-state index is 4.36. The van der Waals surface area contributed by atoms with Crippen LogP contribution < -0.4 is 0 Å². The zero-order valence-corrected chi connectivity index (χ0v) is 8.30. The van der Waals surface area contributed by atoms with Gasteiger partial charge in [-0.25, -0.2) is 0 Å². The molecule has 0 bridgehead atoms. The lowest BCUT2D eigenvalue weighted by Crippen LogP contribution is -2.04. The molecule has 12 heavy (non-hydrogen) atoms. The first-order valence-corrected chi connectivity index (χ1v) is 4.87. The fraction of sp³-hybridized carbons (Fsp3) is 0.700. The Morgan fingerprint density at radius 1 is 1.25 bits per heavy atom. The van der Waals surface area contributed by atoms with E-state index >= 15 is 0 Å². The fourth-order valence-corrected chi connectivity index (χ4v) is 1.56. The summed E-state index contributed by atoms with van der Waals surface area (Å²) in [4.78, 5) is 0. The van der Waals surface area contributed by atoms with Crippen LogP contribution in [0.15, 0.2) is 6.20 Å². The molecule has 0 aliphatic rings. The first kappa shape index (κ1) is 9.30. The Labute approximate surface area is 74.6 Å². The smallest absolute Gasteiger partial charge is 0.0524 e. The molecule has 2 heteroatoms. The molecule has 2 nitrogen and oxygen atoms in total. The SMILES string of the molecule is CCCn1ncc(CC)c1CC. The second kappa shape index (κ2) is 4.29. The largest absolute Gasteiger partial charge is 0.269 e. The van der Waals surface area contributed by atoms with E-state index in [9.17, 15) is 0 Å². The molecule has 0 amide bonds. The molecule has 0 spiro atoms. The molecule has 0 unspecified atom stereocenters. The van der Waals surface area contributed by atoms with Crippen LogP contribution in [0.25, 0.3) is 0 Å². The highest BCUT2D eigenvalue weighted by Gasteiger charge is 2.05. The summed E-state index contributed by atoms with van der Waals surface area (Å²) in [6.07, 6.45) is 5.38. The molecule has 0 aliphatic heterocycles. The van der Waals surface area contributed by atoms with Crippen molar-refractivity contribution in [2.24, 2.45) is 0 Å². The molecule has 68 valence electrons. The highest BCUT2D eigenvalue weighted by atomic mass is 15.3. The van der Waals surface area contributed by atoms with Gasteiger partial charge in [-0.3, -0.25) is 4.68 Å². The molecule has 0 saturated carbocycles. The number of aryl methyl sites for hydroxylation is 2. The number of nitrogens with zero attached hydrogens (tertiary/aromatic N) is 2. The summed E-state index contributed by atoms with van der Waals surface area (Å²) in [5.74, 6) is 0. The van der Waals surface area contributed by atoms with Gasteiger partial charge >= 0.3 is 0 Å². The molecule has 1 aromatic heterocycles. The fourth-order valence-electron chi connectivity index (χ4n) is 1.56. The van der Waals surface area contributed by atoms with Gasteiger partial charge in [-0.05, 0) is 24.8 Å². The van der Waals surface area contributed by atoms with Gasteiger partial charge in [0.15, 0.2) is 0 Å². The molecule has 0 N–H and O–H groups in total. The van der Waals surface area contributed by atoms with Crippen molar-refractivity contribution in [1.82, 2.24) is 9.78 Å². The van der Waals surface area contributed by atoms with Crippen molar-refractivity contribution in [2.45, 2.75) is 46.6 Å². The lowest BCUT2D eigenvalue weighted by atomic mass is 10.1. The van der Waals surface area contributed by atoms with E-state index in [-0.39, 0.29) is 0 Å². The summed E-state index contributed by atoms with van der Waals surface area (Å²) in [6, 6.07) is 0. The van der Waals surface area contributed by atoms with Crippen molar-refractivity contribution in [2.75, 3.05) is 0 Å². The van der Waals surface area contributed by atoms with Gasteiger partial charge in [0.2, 0.25) is 0 Å². The number of hydrogen-bond donors (Lipinski definition) is 0. The molecule has 0 fully saturated rings. The Morgan fingerprint density at radius 3 is 2.50 bits per heavy atom. The van der Waals surface area contributed by atoms with Gasteiger partial charge in [0.25, 0.3) is 0 Å². The van der Waals surface area contributed by atoms with E-state index in [2.05, 4.69) is 30.6 Å². The van der Waals surface area contributed by atoms with E-state index in [1.807, 2.05) is 6.20 Å². The Morgan fingerprint density at radius 2 is 2.00 bits per heavy atom. The number of hydrogen-bond acceptors (Lipinski definition) is 1. The summed E-state index contributed by atoms with van der Waals surface area (Å²) in [5.41, 5.74) is 2.82. The quantitative estimate of drug-likeness (QED) is 0.671. The van der Waals surface area contributed by atoms with Gasteiger partial charge in [-0.1, -0.05) is 20.8 Å². The van der Waals surface area contributed by atoms with Gasteiger partial charge in [-0.15, -0.1) is 0 Å². The van der Waals surface area contributed by atoms with Crippen LogP contribution in [0.1, 0.15) is 38.4 Å². The van der Waals surface area contributed by atoms with Crippen molar-refractivity contribution in [3.63, 3.8) is 0 Å². The maximum absolute atomic E-state index is 4.36. The van der Waals surface area contributed by atoms with Gasteiger partial charge in [-0.2, -0.15) is 5.10 Å². The van der Waals surface area contributed by atoms with Crippen molar-refractivity contribution in [3.05, 3.63) is 17.5 Å². The van der Waals surface area contributed by atoms with Crippen LogP contribution in [0.5, 0.6) is 0 Å². The van der Waals surface area contributed by atoms with E-state index in [0.29, 0.717) is 0 Å². The van der Waals surface area contributed by atoms with Crippen LogP contribution in [0.2, 0.25) is 0 Å². The third-order valence-corrected chi connectivity index (χ3v) is 2.19. The summed E-state index contributed by atoms with van der Waals surface area (Å²) in [7, 11) is 0. The predicted octanol–water partition coefficient (Wildman–Crippen LogP) is 2.42.